The number of rotatable bonds is 10. The number of nitrogens with zero attached hydrogens (tertiary/aromatic N) is 6. The molecule has 0 spiro atoms. The van der Waals surface area contributed by atoms with Gasteiger partial charge in [-0.2, -0.15) is 4.98 Å². The maximum atomic E-state index is 13.0. The maximum Gasteiger partial charge on any atom is 0.317 e. The van der Waals surface area contributed by atoms with Gasteiger partial charge in [0, 0.05) is 57.6 Å². The van der Waals surface area contributed by atoms with Crippen molar-refractivity contribution in [3.8, 4) is 11.7 Å². The number of carbonyl (C=O) groups excluding carboxylic acids is 2. The van der Waals surface area contributed by atoms with Crippen molar-refractivity contribution in [3.05, 3.63) is 58.7 Å². The summed E-state index contributed by atoms with van der Waals surface area (Å²) < 4.78 is 6.86. The number of halogens is 2. The van der Waals surface area contributed by atoms with Gasteiger partial charge in [0.2, 0.25) is 11.9 Å². The number of methoxy groups -OCH3 is 1. The Labute approximate surface area is 237 Å². The van der Waals surface area contributed by atoms with Gasteiger partial charge in [-0.05, 0) is 30.5 Å². The molecule has 1 unspecified atom stereocenters. The van der Waals surface area contributed by atoms with E-state index in [-0.39, 0.29) is 29.6 Å². The summed E-state index contributed by atoms with van der Waals surface area (Å²) in [6.45, 7) is 4.36. The Balaban J connectivity index is 1.46. The molecule has 2 N–H and O–H groups in total. The van der Waals surface area contributed by atoms with E-state index in [1.807, 2.05) is 30.0 Å². The van der Waals surface area contributed by atoms with Crippen LogP contribution in [0.4, 0.5) is 10.6 Å². The molecule has 1 aliphatic rings. The van der Waals surface area contributed by atoms with Gasteiger partial charge in [0.05, 0.1) is 18.2 Å². The molecular weight excluding hydrogens is 543 g/mol. The number of aromatic nitrogens is 4. The van der Waals surface area contributed by atoms with Crippen LogP contribution >= 0.6 is 23.2 Å². The molecule has 208 valence electrons. The SMILES string of the molecule is CCCNC(=O)N1CCN(c2cc(Cl)nc(-n3ccnc3)n2)C(CC(=O)NCCc2ccc(OC)c(Cl)c2)C1. The molecule has 11 nitrogen and oxygen atoms in total. The fourth-order valence-corrected chi connectivity index (χ4v) is 4.85. The van der Waals surface area contributed by atoms with E-state index in [4.69, 9.17) is 27.9 Å². The Morgan fingerprint density at radius 1 is 1.13 bits per heavy atom. The number of urea groups is 1. The van der Waals surface area contributed by atoms with Gasteiger partial charge >= 0.3 is 6.03 Å². The van der Waals surface area contributed by atoms with Crippen molar-refractivity contribution in [2.24, 2.45) is 0 Å². The number of hydrogen-bond acceptors (Lipinski definition) is 7. The van der Waals surface area contributed by atoms with Crippen LogP contribution < -0.4 is 20.3 Å². The molecule has 39 heavy (non-hydrogen) atoms. The minimum absolute atomic E-state index is 0.129. The first-order valence-corrected chi connectivity index (χ1v) is 13.5. The first kappa shape index (κ1) is 28.4. The van der Waals surface area contributed by atoms with Gasteiger partial charge in [0.1, 0.15) is 23.0 Å². The molecule has 3 amide bonds. The molecule has 2 aromatic heterocycles. The zero-order chi connectivity index (χ0) is 27.8. The van der Waals surface area contributed by atoms with Crippen LogP contribution in [0.25, 0.3) is 5.95 Å². The number of hydrogen-bond donors (Lipinski definition) is 2. The summed E-state index contributed by atoms with van der Waals surface area (Å²) in [4.78, 5) is 42.5. The van der Waals surface area contributed by atoms with E-state index in [2.05, 4.69) is 25.6 Å². The normalized spacial score (nSPS) is 15.2. The monoisotopic (exact) mass is 574 g/mol. The first-order valence-electron chi connectivity index (χ1n) is 12.8. The van der Waals surface area contributed by atoms with Crippen molar-refractivity contribution in [3.63, 3.8) is 0 Å². The van der Waals surface area contributed by atoms with Crippen LogP contribution in [-0.4, -0.2) is 82.2 Å². The molecule has 4 rings (SSSR count). The van der Waals surface area contributed by atoms with E-state index >= 15 is 0 Å². The van der Waals surface area contributed by atoms with Crippen molar-refractivity contribution in [2.45, 2.75) is 32.2 Å². The van der Waals surface area contributed by atoms with E-state index in [0.717, 1.165) is 12.0 Å². The highest BCUT2D eigenvalue weighted by atomic mass is 35.5. The topological polar surface area (TPSA) is 118 Å². The van der Waals surface area contributed by atoms with E-state index in [0.29, 0.717) is 61.7 Å². The van der Waals surface area contributed by atoms with Gasteiger partial charge < -0.3 is 25.2 Å². The average Bonchev–Trinajstić information content (AvgIpc) is 3.47. The molecular formula is C26H32Cl2N8O3. The smallest absolute Gasteiger partial charge is 0.317 e. The summed E-state index contributed by atoms with van der Waals surface area (Å²) in [5.74, 6) is 1.43. The molecule has 0 aliphatic carbocycles. The van der Waals surface area contributed by atoms with Crippen molar-refractivity contribution in [1.29, 1.82) is 0 Å². The number of amides is 3. The van der Waals surface area contributed by atoms with Crippen LogP contribution in [-0.2, 0) is 11.2 Å². The number of piperazine rings is 1. The molecule has 0 saturated carbocycles. The van der Waals surface area contributed by atoms with Crippen LogP contribution in [0.1, 0.15) is 25.3 Å². The lowest BCUT2D eigenvalue weighted by molar-refractivity contribution is -0.121. The van der Waals surface area contributed by atoms with Crippen molar-refractivity contribution >= 4 is 41.0 Å². The fraction of sp³-hybridized carbons (Fsp3) is 0.423. The number of imidazole rings is 1. The lowest BCUT2D eigenvalue weighted by Gasteiger charge is -2.42. The molecule has 1 atom stereocenters. The highest BCUT2D eigenvalue weighted by Crippen LogP contribution is 2.26. The van der Waals surface area contributed by atoms with E-state index in [1.54, 1.807) is 41.4 Å². The lowest BCUT2D eigenvalue weighted by atomic mass is 10.1. The Morgan fingerprint density at radius 3 is 2.69 bits per heavy atom. The molecule has 1 aromatic carbocycles. The summed E-state index contributed by atoms with van der Waals surface area (Å²) >= 11 is 12.6. The highest BCUT2D eigenvalue weighted by molar-refractivity contribution is 6.32. The van der Waals surface area contributed by atoms with Crippen LogP contribution in [0.15, 0.2) is 43.0 Å². The van der Waals surface area contributed by atoms with Crippen LogP contribution in [0.2, 0.25) is 10.2 Å². The van der Waals surface area contributed by atoms with E-state index in [9.17, 15) is 9.59 Å². The average molecular weight is 576 g/mol. The summed E-state index contributed by atoms with van der Waals surface area (Å²) in [5, 5.41) is 6.71. The highest BCUT2D eigenvalue weighted by Gasteiger charge is 2.32. The lowest BCUT2D eigenvalue weighted by Crippen LogP contribution is -2.58. The number of carbonyl (C=O) groups is 2. The minimum atomic E-state index is -0.317. The van der Waals surface area contributed by atoms with Crippen molar-refractivity contribution in [2.75, 3.05) is 44.7 Å². The quantitative estimate of drug-likeness (QED) is 0.356. The zero-order valence-electron chi connectivity index (χ0n) is 21.9. The van der Waals surface area contributed by atoms with E-state index < -0.39 is 0 Å². The van der Waals surface area contributed by atoms with Gasteiger partial charge in [-0.15, -0.1) is 0 Å². The molecule has 1 aliphatic heterocycles. The summed E-state index contributed by atoms with van der Waals surface area (Å²) in [7, 11) is 1.57. The zero-order valence-corrected chi connectivity index (χ0v) is 23.5. The second-order valence-electron chi connectivity index (χ2n) is 9.12. The summed E-state index contributed by atoms with van der Waals surface area (Å²) in [6, 6.07) is 6.78. The Kier molecular flexibility index (Phi) is 9.83. The van der Waals surface area contributed by atoms with Gasteiger partial charge in [-0.1, -0.05) is 36.2 Å². The standard InChI is InChI=1S/C26H32Cl2N8O3/c1-3-7-31-26(38)34-11-12-36(23-15-22(28)32-25(33-23)35-10-9-29-17-35)19(16-34)14-24(37)30-8-6-18-4-5-21(39-2)20(27)13-18/h4-5,9-10,13,15,17,19H,3,6-8,11-12,14,16H2,1-2H3,(H,30,37)(H,31,38). The number of nitrogens with one attached hydrogen (secondary N) is 2. The molecule has 1 saturated heterocycles. The third kappa shape index (κ3) is 7.51. The molecule has 0 bridgehead atoms. The fourth-order valence-electron chi connectivity index (χ4n) is 4.39. The van der Waals surface area contributed by atoms with Gasteiger partial charge in [-0.3, -0.25) is 9.36 Å². The Morgan fingerprint density at radius 2 is 1.97 bits per heavy atom. The van der Waals surface area contributed by atoms with Crippen molar-refractivity contribution < 1.29 is 14.3 Å². The number of benzene rings is 1. The predicted octanol–water partition coefficient (Wildman–Crippen LogP) is 3.34. The Bertz CT molecular complexity index is 1270. The van der Waals surface area contributed by atoms with Crippen molar-refractivity contribution in [1.82, 2.24) is 35.1 Å². The molecule has 3 aromatic rings. The third-order valence-electron chi connectivity index (χ3n) is 6.37. The summed E-state index contributed by atoms with van der Waals surface area (Å²) in [5.41, 5.74) is 0.988. The molecule has 3 heterocycles. The first-order chi connectivity index (χ1) is 18.9. The second kappa shape index (κ2) is 13.5. The largest absolute Gasteiger partial charge is 0.495 e. The van der Waals surface area contributed by atoms with Gasteiger partial charge in [0.15, 0.2) is 0 Å². The molecule has 0 radical (unpaired) electrons. The van der Waals surface area contributed by atoms with Crippen LogP contribution in [0.3, 0.4) is 0 Å². The third-order valence-corrected chi connectivity index (χ3v) is 6.86. The number of anilines is 1. The molecule has 13 heteroatoms. The molecule has 1 fully saturated rings. The summed E-state index contributed by atoms with van der Waals surface area (Å²) in [6.07, 6.45) is 6.57. The number of ether oxygens (including phenoxy) is 1. The second-order valence-corrected chi connectivity index (χ2v) is 9.91. The Hall–Kier alpha value is -3.57. The van der Waals surface area contributed by atoms with Crippen LogP contribution in [0, 0.1) is 0 Å². The van der Waals surface area contributed by atoms with Gasteiger partial charge in [-0.25, -0.2) is 14.8 Å². The van der Waals surface area contributed by atoms with Gasteiger partial charge in [0.25, 0.3) is 0 Å². The minimum Gasteiger partial charge on any atom is -0.495 e. The maximum absolute atomic E-state index is 13.0. The van der Waals surface area contributed by atoms with E-state index in [1.165, 1.54) is 0 Å². The van der Waals surface area contributed by atoms with Crippen LogP contribution in [0.5, 0.6) is 5.75 Å². The predicted molar refractivity (Wildman–Crippen MR) is 150 cm³/mol.